The maximum atomic E-state index is 12.5. The summed E-state index contributed by atoms with van der Waals surface area (Å²) in [5.41, 5.74) is 0. The number of nitrogens with one attached hydrogen (secondary N) is 3. The van der Waals surface area contributed by atoms with Gasteiger partial charge in [0.05, 0.1) is 21.0 Å². The normalized spacial score (nSPS) is 13.4. The molecule has 174 valence electrons. The van der Waals surface area contributed by atoms with Crippen molar-refractivity contribution in [3.63, 3.8) is 0 Å². The van der Waals surface area contributed by atoms with E-state index in [1.165, 1.54) is 6.07 Å². The summed E-state index contributed by atoms with van der Waals surface area (Å²) in [6.45, 7) is 4.61. The van der Waals surface area contributed by atoms with Crippen molar-refractivity contribution in [3.05, 3.63) is 28.2 Å². The number of halogens is 2. The molecule has 2 atom stereocenters. The van der Waals surface area contributed by atoms with E-state index in [2.05, 4.69) is 5.32 Å². The van der Waals surface area contributed by atoms with Crippen LogP contribution in [0.1, 0.15) is 27.2 Å². The van der Waals surface area contributed by atoms with Gasteiger partial charge in [0.15, 0.2) is 6.61 Å². The highest BCUT2D eigenvalue weighted by Crippen LogP contribution is 2.25. The summed E-state index contributed by atoms with van der Waals surface area (Å²) in [6.07, 6.45) is -0.779. The van der Waals surface area contributed by atoms with Crippen molar-refractivity contribution >= 4 is 51.1 Å². The number of esters is 1. The van der Waals surface area contributed by atoms with Crippen LogP contribution in [0.3, 0.4) is 0 Å². The summed E-state index contributed by atoms with van der Waals surface area (Å²) in [6, 6.07) is 1.01. The maximum absolute atomic E-state index is 12.5. The molecule has 1 aromatic rings. The van der Waals surface area contributed by atoms with Crippen molar-refractivity contribution in [2.45, 2.75) is 44.2 Å². The Morgan fingerprint density at radius 2 is 1.77 bits per heavy atom. The first-order chi connectivity index (χ1) is 14.3. The monoisotopic (exact) mass is 497 g/mol. The van der Waals surface area contributed by atoms with Crippen LogP contribution in [0.25, 0.3) is 0 Å². The van der Waals surface area contributed by atoms with Gasteiger partial charge < -0.3 is 15.2 Å². The molecule has 0 fully saturated rings. The van der Waals surface area contributed by atoms with Crippen LogP contribution in [0, 0.1) is 5.92 Å². The lowest BCUT2D eigenvalue weighted by molar-refractivity contribution is -0.152. The van der Waals surface area contributed by atoms with E-state index in [9.17, 15) is 27.9 Å². The SMILES string of the molecule is CC(C)CCNC(=O)NC(=O)COC(=O)C(NS(=O)(=O)c1ccc(Cl)c(Cl)c1)C(C)O. The molecule has 0 spiro atoms. The van der Waals surface area contributed by atoms with Gasteiger partial charge in [-0.3, -0.25) is 14.9 Å². The third-order valence-electron chi connectivity index (χ3n) is 3.83. The molecule has 0 aliphatic rings. The Labute approximate surface area is 190 Å². The van der Waals surface area contributed by atoms with Gasteiger partial charge in [0.25, 0.3) is 5.91 Å². The lowest BCUT2D eigenvalue weighted by Crippen LogP contribution is -2.49. The minimum absolute atomic E-state index is 0.0240. The Bertz CT molecular complexity index is 907. The number of sulfonamides is 1. The van der Waals surface area contributed by atoms with Gasteiger partial charge in [-0.1, -0.05) is 37.0 Å². The Morgan fingerprint density at radius 3 is 2.32 bits per heavy atom. The van der Waals surface area contributed by atoms with Gasteiger partial charge >= 0.3 is 12.0 Å². The predicted molar refractivity (Wildman–Crippen MR) is 114 cm³/mol. The molecule has 0 saturated heterocycles. The third kappa shape index (κ3) is 9.40. The fourth-order valence-electron chi connectivity index (χ4n) is 2.13. The molecule has 0 aromatic heterocycles. The summed E-state index contributed by atoms with van der Waals surface area (Å²) in [5, 5.41) is 14.3. The topological polar surface area (TPSA) is 151 Å². The summed E-state index contributed by atoms with van der Waals surface area (Å²) in [4.78, 5) is 35.2. The van der Waals surface area contributed by atoms with E-state index in [4.69, 9.17) is 27.9 Å². The summed E-state index contributed by atoms with van der Waals surface area (Å²) in [5.74, 6) is -1.77. The Balaban J connectivity index is 2.68. The van der Waals surface area contributed by atoms with E-state index in [0.717, 1.165) is 19.1 Å². The van der Waals surface area contributed by atoms with Crippen LogP contribution in [0.2, 0.25) is 10.0 Å². The number of carbonyl (C=O) groups is 3. The smallest absolute Gasteiger partial charge is 0.327 e. The Hall–Kier alpha value is -1.92. The number of rotatable bonds is 10. The van der Waals surface area contributed by atoms with Crippen LogP contribution in [0.15, 0.2) is 23.1 Å². The van der Waals surface area contributed by atoms with Crippen LogP contribution in [-0.4, -0.2) is 56.7 Å². The van der Waals surface area contributed by atoms with Crippen molar-refractivity contribution in [2.75, 3.05) is 13.2 Å². The van der Waals surface area contributed by atoms with Crippen molar-refractivity contribution in [1.82, 2.24) is 15.4 Å². The molecular weight excluding hydrogens is 473 g/mol. The van der Waals surface area contributed by atoms with Gasteiger partial charge in [-0.25, -0.2) is 13.2 Å². The average Bonchev–Trinajstić information content (AvgIpc) is 2.65. The van der Waals surface area contributed by atoms with Crippen LogP contribution in [0.4, 0.5) is 4.79 Å². The van der Waals surface area contributed by atoms with Crippen LogP contribution >= 0.6 is 23.2 Å². The molecule has 0 radical (unpaired) electrons. The number of hydrogen-bond donors (Lipinski definition) is 4. The number of aliphatic hydroxyl groups is 1. The van der Waals surface area contributed by atoms with Gasteiger partial charge in [-0.2, -0.15) is 4.72 Å². The van der Waals surface area contributed by atoms with Crippen LogP contribution in [-0.2, 0) is 24.3 Å². The van der Waals surface area contributed by atoms with Crippen LogP contribution in [0.5, 0.6) is 0 Å². The first-order valence-electron chi connectivity index (χ1n) is 9.23. The Kier molecular flexibility index (Phi) is 10.7. The largest absolute Gasteiger partial charge is 0.454 e. The minimum Gasteiger partial charge on any atom is -0.454 e. The molecule has 0 bridgehead atoms. The molecule has 1 aromatic carbocycles. The molecule has 0 heterocycles. The highest BCUT2D eigenvalue weighted by molar-refractivity contribution is 7.89. The van der Waals surface area contributed by atoms with Gasteiger partial charge in [-0.15, -0.1) is 0 Å². The molecule has 13 heteroatoms. The number of hydrogen-bond acceptors (Lipinski definition) is 7. The van der Waals surface area contributed by atoms with Crippen molar-refractivity contribution in [1.29, 1.82) is 0 Å². The number of imide groups is 1. The second kappa shape index (κ2) is 12.2. The second-order valence-electron chi connectivity index (χ2n) is 7.01. The van der Waals surface area contributed by atoms with Crippen molar-refractivity contribution in [3.8, 4) is 0 Å². The molecule has 2 unspecified atom stereocenters. The zero-order valence-corrected chi connectivity index (χ0v) is 19.5. The van der Waals surface area contributed by atoms with E-state index in [-0.39, 0.29) is 14.9 Å². The zero-order valence-electron chi connectivity index (χ0n) is 17.1. The minimum atomic E-state index is -4.28. The van der Waals surface area contributed by atoms with E-state index in [1.807, 2.05) is 23.9 Å². The molecule has 0 saturated carbocycles. The predicted octanol–water partition coefficient (Wildman–Crippen LogP) is 1.44. The van der Waals surface area contributed by atoms with Gasteiger partial charge in [0.2, 0.25) is 10.0 Å². The van der Waals surface area contributed by atoms with Gasteiger partial charge in [0.1, 0.15) is 6.04 Å². The fraction of sp³-hybridized carbons (Fsp3) is 0.500. The van der Waals surface area contributed by atoms with E-state index in [0.29, 0.717) is 18.9 Å². The second-order valence-corrected chi connectivity index (χ2v) is 9.54. The highest BCUT2D eigenvalue weighted by Gasteiger charge is 2.31. The summed E-state index contributed by atoms with van der Waals surface area (Å²) >= 11 is 11.6. The first-order valence-corrected chi connectivity index (χ1v) is 11.5. The molecule has 0 aliphatic heterocycles. The molecule has 10 nitrogen and oxygen atoms in total. The first kappa shape index (κ1) is 27.1. The van der Waals surface area contributed by atoms with E-state index in [1.54, 1.807) is 0 Å². The quantitative estimate of drug-likeness (QED) is 0.357. The zero-order chi connectivity index (χ0) is 23.8. The molecule has 1 rings (SSSR count). The lowest BCUT2D eigenvalue weighted by Gasteiger charge is -2.20. The highest BCUT2D eigenvalue weighted by atomic mass is 35.5. The number of benzene rings is 1. The maximum Gasteiger partial charge on any atom is 0.327 e. The fourth-order valence-corrected chi connectivity index (χ4v) is 3.78. The summed E-state index contributed by atoms with van der Waals surface area (Å²) in [7, 11) is -4.28. The average molecular weight is 498 g/mol. The number of amides is 3. The van der Waals surface area contributed by atoms with Crippen molar-refractivity contribution < 1.29 is 32.6 Å². The number of carbonyl (C=O) groups excluding carboxylic acids is 3. The van der Waals surface area contributed by atoms with E-state index < -0.39 is 46.7 Å². The lowest BCUT2D eigenvalue weighted by atomic mass is 10.1. The summed E-state index contributed by atoms with van der Waals surface area (Å²) < 4.78 is 31.7. The molecule has 3 amide bonds. The van der Waals surface area contributed by atoms with Gasteiger partial charge in [-0.05, 0) is 37.5 Å². The number of aliphatic hydroxyl groups excluding tert-OH is 1. The molecule has 31 heavy (non-hydrogen) atoms. The standard InChI is InChI=1S/C18H25Cl2N3O7S/c1-10(2)6-7-21-18(27)22-15(25)9-30-17(26)16(11(3)24)23-31(28,29)12-4-5-13(19)14(20)8-12/h4-5,8,10-11,16,23-24H,6-7,9H2,1-3H3,(H2,21,22,25,27). The molecule has 4 N–H and O–H groups in total. The molecular formula is C18H25Cl2N3O7S. The number of urea groups is 1. The number of ether oxygens (including phenoxy) is 1. The van der Waals surface area contributed by atoms with E-state index >= 15 is 0 Å². The third-order valence-corrected chi connectivity index (χ3v) is 6.00. The van der Waals surface area contributed by atoms with Crippen molar-refractivity contribution in [2.24, 2.45) is 5.92 Å². The van der Waals surface area contributed by atoms with Gasteiger partial charge in [0, 0.05) is 6.54 Å². The Morgan fingerprint density at radius 1 is 1.13 bits per heavy atom. The molecule has 0 aliphatic carbocycles. The van der Waals surface area contributed by atoms with Crippen LogP contribution < -0.4 is 15.4 Å².